The van der Waals surface area contributed by atoms with E-state index in [0.29, 0.717) is 15.4 Å². The normalized spacial score (nSPS) is 12.2. The summed E-state index contributed by atoms with van der Waals surface area (Å²) >= 11 is 7.67. The third-order valence-corrected chi connectivity index (χ3v) is 5.65. The number of rotatable bonds is 2. The van der Waals surface area contributed by atoms with Gasteiger partial charge in [0.2, 0.25) is 0 Å². The van der Waals surface area contributed by atoms with Crippen LogP contribution in [0.1, 0.15) is 17.3 Å². The van der Waals surface area contributed by atoms with E-state index < -0.39 is 0 Å². The van der Waals surface area contributed by atoms with E-state index in [0.717, 1.165) is 16.8 Å². The Bertz CT molecular complexity index is 1170. The van der Waals surface area contributed by atoms with Gasteiger partial charge in [-0.3, -0.25) is 4.79 Å². The molecule has 0 atom stereocenters. The number of aromatic nitrogens is 1. The van der Waals surface area contributed by atoms with Crippen molar-refractivity contribution in [1.29, 1.82) is 0 Å². The third-order valence-electron chi connectivity index (χ3n) is 4.19. The van der Waals surface area contributed by atoms with E-state index in [9.17, 15) is 4.79 Å². The molecule has 4 aromatic rings. The van der Waals surface area contributed by atoms with Gasteiger partial charge in [-0.05, 0) is 30.5 Å². The molecular weight excluding hydrogens is 352 g/mol. The number of amides is 1. The lowest BCUT2D eigenvalue weighted by molar-refractivity contribution is 0.0998. The molecule has 0 aliphatic heterocycles. The lowest BCUT2D eigenvalue weighted by atomic mass is 10.1. The maximum atomic E-state index is 12.6. The van der Waals surface area contributed by atoms with Crippen molar-refractivity contribution >= 4 is 49.8 Å². The minimum Gasteiger partial charge on any atom is -0.317 e. The van der Waals surface area contributed by atoms with Crippen molar-refractivity contribution in [3.05, 3.63) is 76.1 Å². The quantitative estimate of drug-likeness (QED) is 0.475. The fraction of sp³-hybridized carbons (Fsp3) is 0.100. The number of fused-ring (bicyclic) bond motifs is 3. The van der Waals surface area contributed by atoms with E-state index in [2.05, 4.69) is 40.7 Å². The van der Waals surface area contributed by atoms with Gasteiger partial charge in [0, 0.05) is 11.9 Å². The zero-order chi connectivity index (χ0) is 17.4. The average Bonchev–Trinajstić information content (AvgIpc) is 2.99. The molecule has 0 fully saturated rings. The SMILES string of the molecule is CCn1c(=NC(=O)c2ccccc2Cl)sc2c3ccccc3ccc21. The highest BCUT2D eigenvalue weighted by atomic mass is 35.5. The van der Waals surface area contributed by atoms with E-state index in [-0.39, 0.29) is 5.91 Å². The number of benzene rings is 3. The largest absolute Gasteiger partial charge is 0.317 e. The van der Waals surface area contributed by atoms with Crippen LogP contribution >= 0.6 is 22.9 Å². The number of thiazole rings is 1. The van der Waals surface area contributed by atoms with Crippen LogP contribution in [0.2, 0.25) is 5.02 Å². The Morgan fingerprint density at radius 1 is 1.08 bits per heavy atom. The number of hydrogen-bond acceptors (Lipinski definition) is 2. The summed E-state index contributed by atoms with van der Waals surface area (Å²) in [7, 11) is 0. The molecule has 0 radical (unpaired) electrons. The first-order valence-corrected chi connectivity index (χ1v) is 9.23. The van der Waals surface area contributed by atoms with Gasteiger partial charge >= 0.3 is 0 Å². The van der Waals surface area contributed by atoms with E-state index >= 15 is 0 Å². The Hall–Kier alpha value is -2.43. The van der Waals surface area contributed by atoms with Crippen LogP contribution in [0, 0.1) is 0 Å². The summed E-state index contributed by atoms with van der Waals surface area (Å²) in [5.74, 6) is -0.316. The zero-order valence-electron chi connectivity index (χ0n) is 13.6. The van der Waals surface area contributed by atoms with Gasteiger partial charge in [-0.1, -0.05) is 65.4 Å². The van der Waals surface area contributed by atoms with E-state index in [1.165, 1.54) is 22.1 Å². The predicted molar refractivity (Wildman–Crippen MR) is 104 cm³/mol. The maximum Gasteiger partial charge on any atom is 0.281 e. The van der Waals surface area contributed by atoms with Crippen LogP contribution in [0.5, 0.6) is 0 Å². The first-order valence-electron chi connectivity index (χ1n) is 8.03. The number of carbonyl (C=O) groups is 1. The van der Waals surface area contributed by atoms with Crippen LogP contribution in [-0.4, -0.2) is 10.5 Å². The third kappa shape index (κ3) is 2.77. The molecule has 0 N–H and O–H groups in total. The minimum absolute atomic E-state index is 0.316. The molecule has 0 saturated carbocycles. The highest BCUT2D eigenvalue weighted by molar-refractivity contribution is 7.17. The molecule has 1 heterocycles. The van der Waals surface area contributed by atoms with Crippen LogP contribution in [-0.2, 0) is 6.54 Å². The molecule has 25 heavy (non-hydrogen) atoms. The molecule has 3 aromatic carbocycles. The second kappa shape index (κ2) is 6.47. The molecule has 0 aliphatic carbocycles. The van der Waals surface area contributed by atoms with Crippen molar-refractivity contribution in [2.24, 2.45) is 4.99 Å². The van der Waals surface area contributed by atoms with E-state index in [1.807, 2.05) is 12.1 Å². The molecule has 0 bridgehead atoms. The van der Waals surface area contributed by atoms with Crippen molar-refractivity contribution in [3.63, 3.8) is 0 Å². The van der Waals surface area contributed by atoms with Gasteiger partial charge in [-0.25, -0.2) is 0 Å². The van der Waals surface area contributed by atoms with Crippen LogP contribution in [0.3, 0.4) is 0 Å². The molecule has 0 aliphatic rings. The summed E-state index contributed by atoms with van der Waals surface area (Å²) in [4.78, 5) is 17.6. The average molecular weight is 367 g/mol. The van der Waals surface area contributed by atoms with Crippen molar-refractivity contribution < 1.29 is 4.79 Å². The van der Waals surface area contributed by atoms with Crippen LogP contribution in [0.15, 0.2) is 65.7 Å². The van der Waals surface area contributed by atoms with Crippen molar-refractivity contribution in [3.8, 4) is 0 Å². The molecular formula is C20H15ClN2OS. The summed E-state index contributed by atoms with van der Waals surface area (Å²) in [5.41, 5.74) is 1.52. The van der Waals surface area contributed by atoms with E-state index in [1.54, 1.807) is 24.3 Å². The Balaban J connectivity index is 1.97. The Morgan fingerprint density at radius 2 is 1.84 bits per heavy atom. The van der Waals surface area contributed by atoms with Crippen LogP contribution in [0.4, 0.5) is 0 Å². The molecule has 0 unspecified atom stereocenters. The lowest BCUT2D eigenvalue weighted by Crippen LogP contribution is -2.16. The molecule has 5 heteroatoms. The van der Waals surface area contributed by atoms with Gasteiger partial charge in [0.15, 0.2) is 4.80 Å². The molecule has 0 saturated heterocycles. The Labute approximate surface area is 153 Å². The number of carbonyl (C=O) groups excluding carboxylic acids is 1. The monoisotopic (exact) mass is 366 g/mol. The number of nitrogens with zero attached hydrogens (tertiary/aromatic N) is 2. The maximum absolute atomic E-state index is 12.6. The van der Waals surface area contributed by atoms with Gasteiger partial charge in [-0.2, -0.15) is 4.99 Å². The molecule has 0 spiro atoms. The Kier molecular flexibility index (Phi) is 4.15. The molecule has 4 rings (SSSR count). The highest BCUT2D eigenvalue weighted by Gasteiger charge is 2.12. The fourth-order valence-corrected chi connectivity index (χ4v) is 4.42. The van der Waals surface area contributed by atoms with Crippen molar-refractivity contribution in [2.45, 2.75) is 13.5 Å². The summed E-state index contributed by atoms with van der Waals surface area (Å²) < 4.78 is 3.21. The zero-order valence-corrected chi connectivity index (χ0v) is 15.1. The first kappa shape index (κ1) is 16.1. The summed E-state index contributed by atoms with van der Waals surface area (Å²) in [5, 5.41) is 2.79. The minimum atomic E-state index is -0.316. The standard InChI is InChI=1S/C20H15ClN2OS/c1-2-23-17-12-11-13-7-3-4-8-14(13)18(17)25-20(23)22-19(24)15-9-5-6-10-16(15)21/h3-12H,2H2,1H3. The van der Waals surface area contributed by atoms with Crippen molar-refractivity contribution in [2.75, 3.05) is 0 Å². The Morgan fingerprint density at radius 3 is 2.64 bits per heavy atom. The molecule has 124 valence electrons. The summed E-state index contributed by atoms with van der Waals surface area (Å²) in [6.07, 6.45) is 0. The smallest absolute Gasteiger partial charge is 0.281 e. The molecule has 1 aromatic heterocycles. The number of hydrogen-bond donors (Lipinski definition) is 0. The number of aryl methyl sites for hydroxylation is 1. The highest BCUT2D eigenvalue weighted by Crippen LogP contribution is 2.27. The fourth-order valence-electron chi connectivity index (χ4n) is 2.97. The number of halogens is 1. The van der Waals surface area contributed by atoms with Crippen molar-refractivity contribution in [1.82, 2.24) is 4.57 Å². The summed E-state index contributed by atoms with van der Waals surface area (Å²) in [6.45, 7) is 2.80. The van der Waals surface area contributed by atoms with Gasteiger partial charge in [0.05, 0.1) is 20.8 Å². The predicted octanol–water partition coefficient (Wildman–Crippen LogP) is 5.27. The lowest BCUT2D eigenvalue weighted by Gasteiger charge is -2.02. The first-order chi connectivity index (χ1) is 12.2. The van der Waals surface area contributed by atoms with E-state index in [4.69, 9.17) is 11.6 Å². The van der Waals surface area contributed by atoms with Gasteiger partial charge in [0.1, 0.15) is 0 Å². The molecule has 3 nitrogen and oxygen atoms in total. The van der Waals surface area contributed by atoms with Gasteiger partial charge in [0.25, 0.3) is 5.91 Å². The summed E-state index contributed by atoms with van der Waals surface area (Å²) in [6, 6.07) is 19.5. The topological polar surface area (TPSA) is 34.4 Å². The second-order valence-electron chi connectivity index (χ2n) is 5.66. The van der Waals surface area contributed by atoms with Gasteiger partial charge in [-0.15, -0.1) is 0 Å². The van der Waals surface area contributed by atoms with Gasteiger partial charge < -0.3 is 4.57 Å². The van der Waals surface area contributed by atoms with Crippen LogP contribution in [0.25, 0.3) is 21.0 Å². The van der Waals surface area contributed by atoms with Crippen LogP contribution < -0.4 is 4.80 Å². The second-order valence-corrected chi connectivity index (χ2v) is 7.05. The molecule has 1 amide bonds.